The minimum absolute atomic E-state index is 0.287. The molecule has 0 radical (unpaired) electrons. The fraction of sp³-hybridized carbons (Fsp3) is 0.0769. The van der Waals surface area contributed by atoms with Crippen LogP contribution < -0.4 is 15.8 Å². The van der Waals surface area contributed by atoms with Gasteiger partial charge in [-0.25, -0.2) is 4.90 Å². The van der Waals surface area contributed by atoms with Gasteiger partial charge in [-0.2, -0.15) is 0 Å². The minimum Gasteiger partial charge on any atom is -0.274 e. The lowest BCUT2D eigenvalue weighted by Gasteiger charge is -2.14. The second-order valence-corrected chi connectivity index (χ2v) is 4.03. The Morgan fingerprint density at radius 1 is 0.950 bits per heavy atom. The summed E-state index contributed by atoms with van der Waals surface area (Å²) >= 11 is 0. The molecule has 1 aromatic rings. The number of rotatable bonds is 2. The van der Waals surface area contributed by atoms with Gasteiger partial charge in [-0.1, -0.05) is 0 Å². The van der Waals surface area contributed by atoms with Crippen molar-refractivity contribution < 1.29 is 19.2 Å². The molecule has 0 bridgehead atoms. The summed E-state index contributed by atoms with van der Waals surface area (Å²) in [5, 5.41) is 0. The average Bonchev–Trinajstić information content (AvgIpc) is 2.76. The highest BCUT2D eigenvalue weighted by Gasteiger charge is 2.25. The number of carbonyl (C=O) groups excluding carboxylic acids is 4. The molecule has 0 aliphatic carbocycles. The van der Waals surface area contributed by atoms with Crippen LogP contribution in [0.5, 0.6) is 0 Å². The summed E-state index contributed by atoms with van der Waals surface area (Å²) in [5.74, 6) is -1.74. The molecule has 1 aliphatic rings. The van der Waals surface area contributed by atoms with Gasteiger partial charge in [-0.15, -0.1) is 0 Å². The summed E-state index contributed by atoms with van der Waals surface area (Å²) in [6.45, 7) is 1.26. The molecule has 2 rings (SSSR count). The standard InChI is InChI=1S/C13H11N3O4/c1-8(17)14-15-13(20)9-2-4-10(5-3-9)16-11(18)6-7-12(16)19/h2-7H,1H3,(H,14,17)(H,15,20). The number of hydrazine groups is 1. The monoisotopic (exact) mass is 273 g/mol. The van der Waals surface area contributed by atoms with Crippen LogP contribution in [0.1, 0.15) is 17.3 Å². The SMILES string of the molecule is CC(=O)NNC(=O)c1ccc(N2C(=O)C=CC2=O)cc1. The highest BCUT2D eigenvalue weighted by molar-refractivity contribution is 6.28. The van der Waals surface area contributed by atoms with Crippen LogP contribution in [0.4, 0.5) is 5.69 Å². The Bertz CT molecular complexity index is 601. The molecule has 0 fully saturated rings. The van der Waals surface area contributed by atoms with E-state index in [9.17, 15) is 19.2 Å². The number of nitrogens with zero attached hydrogens (tertiary/aromatic N) is 1. The van der Waals surface area contributed by atoms with Gasteiger partial charge in [0, 0.05) is 24.6 Å². The third-order valence-electron chi connectivity index (χ3n) is 2.55. The number of nitrogens with one attached hydrogen (secondary N) is 2. The first kappa shape index (κ1) is 13.5. The smallest absolute Gasteiger partial charge is 0.269 e. The Morgan fingerprint density at radius 2 is 1.50 bits per heavy atom. The molecular weight excluding hydrogens is 262 g/mol. The highest BCUT2D eigenvalue weighted by atomic mass is 16.2. The number of amides is 4. The van der Waals surface area contributed by atoms with E-state index < -0.39 is 23.6 Å². The van der Waals surface area contributed by atoms with Crippen LogP contribution in [-0.4, -0.2) is 23.6 Å². The number of hydrogen-bond acceptors (Lipinski definition) is 4. The lowest BCUT2D eigenvalue weighted by molar-refractivity contribution is -0.121. The third-order valence-corrected chi connectivity index (χ3v) is 2.55. The number of anilines is 1. The van der Waals surface area contributed by atoms with E-state index in [2.05, 4.69) is 10.9 Å². The van der Waals surface area contributed by atoms with Gasteiger partial charge >= 0.3 is 0 Å². The molecule has 0 spiro atoms. The molecule has 2 N–H and O–H groups in total. The van der Waals surface area contributed by atoms with Crippen molar-refractivity contribution in [2.45, 2.75) is 6.92 Å². The van der Waals surface area contributed by atoms with E-state index in [4.69, 9.17) is 0 Å². The summed E-state index contributed by atoms with van der Waals surface area (Å²) in [6, 6.07) is 5.85. The molecule has 20 heavy (non-hydrogen) atoms. The van der Waals surface area contributed by atoms with Crippen LogP contribution in [-0.2, 0) is 14.4 Å². The maximum Gasteiger partial charge on any atom is 0.269 e. The molecule has 4 amide bonds. The molecule has 0 saturated heterocycles. The molecule has 1 aliphatic heterocycles. The number of benzene rings is 1. The van der Waals surface area contributed by atoms with Crippen molar-refractivity contribution >= 4 is 29.3 Å². The van der Waals surface area contributed by atoms with Gasteiger partial charge in [0.25, 0.3) is 17.7 Å². The van der Waals surface area contributed by atoms with Crippen LogP contribution >= 0.6 is 0 Å². The van der Waals surface area contributed by atoms with E-state index in [1.54, 1.807) is 0 Å². The topological polar surface area (TPSA) is 95.6 Å². The van der Waals surface area contributed by atoms with Gasteiger partial charge in [-0.3, -0.25) is 30.0 Å². The van der Waals surface area contributed by atoms with Crippen molar-refractivity contribution in [1.29, 1.82) is 0 Å². The van der Waals surface area contributed by atoms with E-state index >= 15 is 0 Å². The summed E-state index contributed by atoms with van der Waals surface area (Å²) in [5.41, 5.74) is 5.03. The fourth-order valence-corrected chi connectivity index (χ4v) is 1.63. The molecule has 0 aromatic heterocycles. The molecule has 7 nitrogen and oxygen atoms in total. The average molecular weight is 273 g/mol. The first-order valence-electron chi connectivity index (χ1n) is 5.72. The fourth-order valence-electron chi connectivity index (χ4n) is 1.63. The summed E-state index contributed by atoms with van der Waals surface area (Å²) < 4.78 is 0. The predicted octanol–water partition coefficient (Wildman–Crippen LogP) is -0.103. The molecule has 1 aromatic carbocycles. The Hall–Kier alpha value is -2.96. The van der Waals surface area contributed by atoms with Crippen LogP contribution in [0.3, 0.4) is 0 Å². The van der Waals surface area contributed by atoms with Crippen molar-refractivity contribution in [2.24, 2.45) is 0 Å². The van der Waals surface area contributed by atoms with E-state index in [1.165, 1.54) is 43.3 Å². The molecule has 0 unspecified atom stereocenters. The van der Waals surface area contributed by atoms with Gasteiger partial charge in [0.15, 0.2) is 0 Å². The zero-order valence-corrected chi connectivity index (χ0v) is 10.5. The van der Waals surface area contributed by atoms with Crippen LogP contribution in [0.15, 0.2) is 36.4 Å². The van der Waals surface area contributed by atoms with Crippen LogP contribution in [0.2, 0.25) is 0 Å². The lowest BCUT2D eigenvalue weighted by Crippen LogP contribution is -2.40. The van der Waals surface area contributed by atoms with Gasteiger partial charge in [0.05, 0.1) is 5.69 Å². The largest absolute Gasteiger partial charge is 0.274 e. The molecule has 102 valence electrons. The quantitative estimate of drug-likeness (QED) is 0.581. The first-order chi connectivity index (χ1) is 9.49. The molecule has 7 heteroatoms. The third kappa shape index (κ3) is 2.72. The molecule has 0 atom stereocenters. The van der Waals surface area contributed by atoms with Gasteiger partial charge in [0.1, 0.15) is 0 Å². The predicted molar refractivity (Wildman–Crippen MR) is 69.4 cm³/mol. The van der Waals surface area contributed by atoms with Crippen molar-refractivity contribution in [3.63, 3.8) is 0 Å². The lowest BCUT2D eigenvalue weighted by atomic mass is 10.2. The Labute approximate surface area is 114 Å². The van der Waals surface area contributed by atoms with Crippen molar-refractivity contribution in [1.82, 2.24) is 10.9 Å². The van der Waals surface area contributed by atoms with E-state index in [1.807, 2.05) is 0 Å². The zero-order chi connectivity index (χ0) is 14.7. The van der Waals surface area contributed by atoms with Gasteiger partial charge in [0.2, 0.25) is 5.91 Å². The number of carbonyl (C=O) groups is 4. The maximum atomic E-state index is 11.6. The zero-order valence-electron chi connectivity index (χ0n) is 10.5. The van der Waals surface area contributed by atoms with Crippen LogP contribution in [0, 0.1) is 0 Å². The van der Waals surface area contributed by atoms with Crippen molar-refractivity contribution in [2.75, 3.05) is 4.90 Å². The number of hydrogen-bond donors (Lipinski definition) is 2. The van der Waals surface area contributed by atoms with E-state index in [-0.39, 0.29) is 5.56 Å². The van der Waals surface area contributed by atoms with E-state index in [0.29, 0.717) is 5.69 Å². The van der Waals surface area contributed by atoms with Gasteiger partial charge < -0.3 is 0 Å². The summed E-state index contributed by atoms with van der Waals surface area (Å²) in [6.07, 6.45) is 2.36. The van der Waals surface area contributed by atoms with Crippen molar-refractivity contribution in [3.8, 4) is 0 Å². The summed E-state index contributed by atoms with van der Waals surface area (Å²) in [4.78, 5) is 46.2. The van der Waals surface area contributed by atoms with Gasteiger partial charge in [-0.05, 0) is 24.3 Å². The molecule has 0 saturated carbocycles. The number of imide groups is 1. The Kier molecular flexibility index (Phi) is 3.60. The summed E-state index contributed by atoms with van der Waals surface area (Å²) in [7, 11) is 0. The second kappa shape index (κ2) is 5.35. The maximum absolute atomic E-state index is 11.6. The highest BCUT2D eigenvalue weighted by Crippen LogP contribution is 2.19. The first-order valence-corrected chi connectivity index (χ1v) is 5.72. The Morgan fingerprint density at radius 3 is 2.00 bits per heavy atom. The van der Waals surface area contributed by atoms with Crippen molar-refractivity contribution in [3.05, 3.63) is 42.0 Å². The van der Waals surface area contributed by atoms with E-state index in [0.717, 1.165) is 4.90 Å². The van der Waals surface area contributed by atoms with Crippen LogP contribution in [0.25, 0.3) is 0 Å². The minimum atomic E-state index is -0.496. The molecule has 1 heterocycles. The molecular formula is C13H11N3O4. The normalized spacial score (nSPS) is 13.6. The Balaban J connectivity index is 2.10. The second-order valence-electron chi connectivity index (χ2n) is 4.03.